The van der Waals surface area contributed by atoms with Crippen molar-refractivity contribution in [3.05, 3.63) is 47.8 Å². The second kappa shape index (κ2) is 6.09. The minimum Gasteiger partial charge on any atom is -0.465 e. The maximum atomic E-state index is 11.3. The van der Waals surface area contributed by atoms with Crippen molar-refractivity contribution in [1.29, 1.82) is 0 Å². The van der Waals surface area contributed by atoms with Crippen molar-refractivity contribution in [3.63, 3.8) is 0 Å². The molecule has 0 unspecified atom stereocenters. The highest BCUT2D eigenvalue weighted by Crippen LogP contribution is 2.16. The van der Waals surface area contributed by atoms with Crippen LogP contribution in [0.1, 0.15) is 29.3 Å². The molecule has 2 rings (SSSR count). The highest BCUT2D eigenvalue weighted by molar-refractivity contribution is 5.89. The van der Waals surface area contributed by atoms with Crippen LogP contribution in [-0.2, 0) is 11.2 Å². The third kappa shape index (κ3) is 3.16. The Balaban J connectivity index is 2.19. The van der Waals surface area contributed by atoms with Gasteiger partial charge in [0.15, 0.2) is 5.82 Å². The first-order chi connectivity index (χ1) is 9.24. The fraction of sp³-hybridized carbons (Fsp3) is 0.267. The first kappa shape index (κ1) is 13.2. The zero-order chi connectivity index (χ0) is 13.7. The number of carbonyl (C=O) groups is 1. The lowest BCUT2D eigenvalue weighted by Gasteiger charge is -2.03. The van der Waals surface area contributed by atoms with Gasteiger partial charge in [-0.25, -0.2) is 14.8 Å². The first-order valence-corrected chi connectivity index (χ1v) is 6.24. The molecule has 0 saturated carbocycles. The summed E-state index contributed by atoms with van der Waals surface area (Å²) in [7, 11) is 1.37. The molecule has 1 aromatic carbocycles. The Morgan fingerprint density at radius 2 is 1.79 bits per heavy atom. The Bertz CT molecular complexity index is 547. The highest BCUT2D eigenvalue weighted by atomic mass is 16.5. The zero-order valence-corrected chi connectivity index (χ0v) is 11.1. The first-order valence-electron chi connectivity index (χ1n) is 6.24. The molecule has 1 heterocycles. The summed E-state index contributed by atoms with van der Waals surface area (Å²) in [6.07, 6.45) is 5.76. The van der Waals surface area contributed by atoms with Crippen molar-refractivity contribution in [2.24, 2.45) is 0 Å². The van der Waals surface area contributed by atoms with E-state index in [-0.39, 0.29) is 5.97 Å². The SMILES string of the molecule is CCCc1cnc(-c2ccc(C(=O)OC)cc2)nc1. The lowest BCUT2D eigenvalue weighted by atomic mass is 10.1. The molecule has 2 aromatic rings. The summed E-state index contributed by atoms with van der Waals surface area (Å²) in [6.45, 7) is 2.12. The summed E-state index contributed by atoms with van der Waals surface area (Å²) in [6, 6.07) is 7.07. The molecule has 4 heteroatoms. The second-order valence-electron chi connectivity index (χ2n) is 4.23. The van der Waals surface area contributed by atoms with E-state index in [1.54, 1.807) is 12.1 Å². The molecule has 0 bridgehead atoms. The summed E-state index contributed by atoms with van der Waals surface area (Å²) >= 11 is 0. The summed E-state index contributed by atoms with van der Waals surface area (Å²) in [5.74, 6) is 0.321. The molecule has 0 aliphatic heterocycles. The predicted octanol–water partition coefficient (Wildman–Crippen LogP) is 2.88. The van der Waals surface area contributed by atoms with Gasteiger partial charge in [0.2, 0.25) is 0 Å². The molecule has 0 fully saturated rings. The van der Waals surface area contributed by atoms with E-state index in [1.165, 1.54) is 7.11 Å². The Morgan fingerprint density at radius 1 is 1.16 bits per heavy atom. The van der Waals surface area contributed by atoms with Crippen LogP contribution in [0.15, 0.2) is 36.7 Å². The monoisotopic (exact) mass is 256 g/mol. The summed E-state index contributed by atoms with van der Waals surface area (Å²) < 4.78 is 4.65. The summed E-state index contributed by atoms with van der Waals surface area (Å²) in [4.78, 5) is 20.0. The minimum atomic E-state index is -0.342. The lowest BCUT2D eigenvalue weighted by Crippen LogP contribution is -2.00. The average molecular weight is 256 g/mol. The van der Waals surface area contributed by atoms with Gasteiger partial charge in [-0.15, -0.1) is 0 Å². The number of aromatic nitrogens is 2. The number of rotatable bonds is 4. The van der Waals surface area contributed by atoms with E-state index in [1.807, 2.05) is 24.5 Å². The normalized spacial score (nSPS) is 10.2. The molecular formula is C15H16N2O2. The van der Waals surface area contributed by atoms with Crippen LogP contribution in [0.3, 0.4) is 0 Å². The topological polar surface area (TPSA) is 52.1 Å². The molecule has 0 N–H and O–H groups in total. The number of esters is 1. The number of aryl methyl sites for hydroxylation is 1. The van der Waals surface area contributed by atoms with E-state index in [2.05, 4.69) is 21.6 Å². The Morgan fingerprint density at radius 3 is 2.32 bits per heavy atom. The van der Waals surface area contributed by atoms with E-state index < -0.39 is 0 Å². The van der Waals surface area contributed by atoms with Gasteiger partial charge >= 0.3 is 5.97 Å². The predicted molar refractivity (Wildman–Crippen MR) is 72.8 cm³/mol. The van der Waals surface area contributed by atoms with Crippen molar-refractivity contribution in [2.75, 3.05) is 7.11 Å². The van der Waals surface area contributed by atoms with Crippen LogP contribution in [0.4, 0.5) is 0 Å². The molecule has 19 heavy (non-hydrogen) atoms. The maximum Gasteiger partial charge on any atom is 0.337 e. The Kier molecular flexibility index (Phi) is 4.23. The number of benzene rings is 1. The number of carbonyl (C=O) groups excluding carboxylic acids is 1. The van der Waals surface area contributed by atoms with Crippen molar-refractivity contribution in [1.82, 2.24) is 9.97 Å². The van der Waals surface area contributed by atoms with Crippen LogP contribution in [0.25, 0.3) is 11.4 Å². The van der Waals surface area contributed by atoms with Crippen molar-refractivity contribution >= 4 is 5.97 Å². The molecular weight excluding hydrogens is 240 g/mol. The zero-order valence-electron chi connectivity index (χ0n) is 11.1. The number of ether oxygens (including phenoxy) is 1. The van der Waals surface area contributed by atoms with Crippen LogP contribution in [0.2, 0.25) is 0 Å². The molecule has 98 valence electrons. The number of hydrogen-bond acceptors (Lipinski definition) is 4. The Hall–Kier alpha value is -2.23. The van der Waals surface area contributed by atoms with Gasteiger partial charge in [-0.05, 0) is 24.1 Å². The van der Waals surface area contributed by atoms with Gasteiger partial charge < -0.3 is 4.74 Å². The Labute approximate surface area is 112 Å². The molecule has 0 radical (unpaired) electrons. The van der Waals surface area contributed by atoms with E-state index in [0.717, 1.165) is 24.0 Å². The molecule has 0 saturated heterocycles. The van der Waals surface area contributed by atoms with Crippen LogP contribution in [-0.4, -0.2) is 23.0 Å². The third-order valence-electron chi connectivity index (χ3n) is 2.81. The summed E-state index contributed by atoms with van der Waals surface area (Å²) in [5, 5.41) is 0. The maximum absolute atomic E-state index is 11.3. The molecule has 4 nitrogen and oxygen atoms in total. The van der Waals surface area contributed by atoms with Crippen molar-refractivity contribution in [2.45, 2.75) is 19.8 Å². The van der Waals surface area contributed by atoms with Crippen LogP contribution < -0.4 is 0 Å². The second-order valence-corrected chi connectivity index (χ2v) is 4.23. The third-order valence-corrected chi connectivity index (χ3v) is 2.81. The number of hydrogen-bond donors (Lipinski definition) is 0. The molecule has 0 amide bonds. The van der Waals surface area contributed by atoms with Gasteiger partial charge in [0, 0.05) is 18.0 Å². The minimum absolute atomic E-state index is 0.342. The molecule has 1 aromatic heterocycles. The van der Waals surface area contributed by atoms with E-state index in [4.69, 9.17) is 0 Å². The van der Waals surface area contributed by atoms with Gasteiger partial charge in [-0.1, -0.05) is 25.5 Å². The van der Waals surface area contributed by atoms with Gasteiger partial charge in [0.1, 0.15) is 0 Å². The molecule has 0 atom stereocenters. The fourth-order valence-corrected chi connectivity index (χ4v) is 1.79. The average Bonchev–Trinajstić information content (AvgIpc) is 2.48. The largest absolute Gasteiger partial charge is 0.465 e. The van der Waals surface area contributed by atoms with E-state index >= 15 is 0 Å². The van der Waals surface area contributed by atoms with Gasteiger partial charge in [-0.3, -0.25) is 0 Å². The number of nitrogens with zero attached hydrogens (tertiary/aromatic N) is 2. The number of methoxy groups -OCH3 is 1. The molecule has 0 aliphatic rings. The van der Waals surface area contributed by atoms with Gasteiger partial charge in [-0.2, -0.15) is 0 Å². The summed E-state index contributed by atoms with van der Waals surface area (Å²) in [5.41, 5.74) is 2.54. The van der Waals surface area contributed by atoms with Crippen molar-refractivity contribution < 1.29 is 9.53 Å². The fourth-order valence-electron chi connectivity index (χ4n) is 1.79. The molecule has 0 aliphatic carbocycles. The lowest BCUT2D eigenvalue weighted by molar-refractivity contribution is 0.0601. The standard InChI is InChI=1S/C15H16N2O2/c1-3-4-11-9-16-14(17-10-11)12-5-7-13(8-6-12)15(18)19-2/h5-10H,3-4H2,1-2H3. The van der Waals surface area contributed by atoms with E-state index in [0.29, 0.717) is 11.4 Å². The van der Waals surface area contributed by atoms with Crippen LogP contribution >= 0.6 is 0 Å². The van der Waals surface area contributed by atoms with Gasteiger partial charge in [0.25, 0.3) is 0 Å². The quantitative estimate of drug-likeness (QED) is 0.789. The highest BCUT2D eigenvalue weighted by Gasteiger charge is 2.06. The smallest absolute Gasteiger partial charge is 0.337 e. The van der Waals surface area contributed by atoms with E-state index in [9.17, 15) is 4.79 Å². The van der Waals surface area contributed by atoms with Gasteiger partial charge in [0.05, 0.1) is 12.7 Å². The van der Waals surface area contributed by atoms with Crippen molar-refractivity contribution in [3.8, 4) is 11.4 Å². The van der Waals surface area contributed by atoms with Crippen LogP contribution in [0.5, 0.6) is 0 Å². The molecule has 0 spiro atoms. The van der Waals surface area contributed by atoms with Crippen LogP contribution in [0, 0.1) is 0 Å².